The van der Waals surface area contributed by atoms with Gasteiger partial charge in [0.15, 0.2) is 0 Å². The van der Waals surface area contributed by atoms with Crippen LogP contribution >= 0.6 is 0 Å². The number of carbonyl (C=O) groups excluding carboxylic acids is 1. The first kappa shape index (κ1) is 14.9. The van der Waals surface area contributed by atoms with Gasteiger partial charge in [-0.2, -0.15) is 0 Å². The minimum absolute atomic E-state index is 0.169. The highest BCUT2D eigenvalue weighted by molar-refractivity contribution is 5.97. The van der Waals surface area contributed by atoms with Crippen LogP contribution in [0.3, 0.4) is 0 Å². The van der Waals surface area contributed by atoms with Gasteiger partial charge in [-0.05, 0) is 30.2 Å². The molecule has 1 N–H and O–H groups in total. The standard InChI is InChI=1S/C17H19NO3/c1-12-6-4-5-7-13(12)11-18-17(19)15-9-8-14(20-2)10-16(15)21-3/h4-10H,11H2,1-3H3,(H,18,19). The molecule has 0 aromatic heterocycles. The van der Waals surface area contributed by atoms with Crippen LogP contribution in [-0.2, 0) is 6.54 Å². The lowest BCUT2D eigenvalue weighted by atomic mass is 10.1. The van der Waals surface area contributed by atoms with Crippen LogP contribution < -0.4 is 14.8 Å². The maximum absolute atomic E-state index is 12.3. The van der Waals surface area contributed by atoms with Crippen LogP contribution in [0.15, 0.2) is 42.5 Å². The van der Waals surface area contributed by atoms with E-state index in [-0.39, 0.29) is 5.91 Å². The molecule has 0 aliphatic rings. The number of aryl methyl sites for hydroxylation is 1. The predicted molar refractivity (Wildman–Crippen MR) is 81.9 cm³/mol. The molecule has 1 amide bonds. The Morgan fingerprint density at radius 1 is 1.10 bits per heavy atom. The van der Waals surface area contributed by atoms with Gasteiger partial charge in [-0.25, -0.2) is 0 Å². The van der Waals surface area contributed by atoms with E-state index in [0.717, 1.165) is 11.1 Å². The zero-order valence-electron chi connectivity index (χ0n) is 12.5. The molecule has 0 radical (unpaired) electrons. The minimum atomic E-state index is -0.169. The second-order valence-corrected chi connectivity index (χ2v) is 4.68. The van der Waals surface area contributed by atoms with Crippen molar-refractivity contribution in [2.75, 3.05) is 14.2 Å². The third-order valence-corrected chi connectivity index (χ3v) is 3.35. The number of ether oxygens (including phenoxy) is 2. The summed E-state index contributed by atoms with van der Waals surface area (Å²) in [4.78, 5) is 12.3. The van der Waals surface area contributed by atoms with Gasteiger partial charge in [-0.3, -0.25) is 4.79 Å². The molecule has 2 rings (SSSR count). The third-order valence-electron chi connectivity index (χ3n) is 3.35. The zero-order valence-corrected chi connectivity index (χ0v) is 12.5. The maximum atomic E-state index is 12.3. The lowest BCUT2D eigenvalue weighted by Crippen LogP contribution is -2.23. The van der Waals surface area contributed by atoms with E-state index in [1.54, 1.807) is 25.3 Å². The Morgan fingerprint density at radius 3 is 2.52 bits per heavy atom. The summed E-state index contributed by atoms with van der Waals surface area (Å²) >= 11 is 0. The first-order valence-electron chi connectivity index (χ1n) is 6.70. The third kappa shape index (κ3) is 3.54. The average molecular weight is 285 g/mol. The number of benzene rings is 2. The number of nitrogens with one attached hydrogen (secondary N) is 1. The average Bonchev–Trinajstić information content (AvgIpc) is 2.53. The fraction of sp³-hybridized carbons (Fsp3) is 0.235. The topological polar surface area (TPSA) is 47.6 Å². The molecule has 0 fully saturated rings. The first-order chi connectivity index (χ1) is 10.2. The highest BCUT2D eigenvalue weighted by atomic mass is 16.5. The minimum Gasteiger partial charge on any atom is -0.497 e. The molecule has 0 aliphatic carbocycles. The SMILES string of the molecule is COc1ccc(C(=O)NCc2ccccc2C)c(OC)c1. The lowest BCUT2D eigenvalue weighted by Gasteiger charge is -2.11. The Kier molecular flexibility index (Phi) is 4.82. The Hall–Kier alpha value is -2.49. The van der Waals surface area contributed by atoms with Crippen LogP contribution in [0.5, 0.6) is 11.5 Å². The molecule has 0 saturated heterocycles. The van der Waals surface area contributed by atoms with E-state index in [2.05, 4.69) is 5.32 Å². The zero-order chi connectivity index (χ0) is 15.2. The molecule has 0 aliphatic heterocycles. The van der Waals surface area contributed by atoms with E-state index in [1.807, 2.05) is 31.2 Å². The predicted octanol–water partition coefficient (Wildman–Crippen LogP) is 2.94. The van der Waals surface area contributed by atoms with Crippen molar-refractivity contribution in [2.45, 2.75) is 13.5 Å². The molecule has 0 atom stereocenters. The van der Waals surface area contributed by atoms with Crippen LogP contribution in [0.1, 0.15) is 21.5 Å². The Labute approximate surface area is 124 Å². The molecule has 0 bridgehead atoms. The van der Waals surface area contributed by atoms with Crippen LogP contribution in [0.4, 0.5) is 0 Å². The van der Waals surface area contributed by atoms with Gasteiger partial charge in [-0.1, -0.05) is 24.3 Å². The number of methoxy groups -OCH3 is 2. The lowest BCUT2D eigenvalue weighted by molar-refractivity contribution is 0.0948. The van der Waals surface area contributed by atoms with E-state index < -0.39 is 0 Å². The van der Waals surface area contributed by atoms with Gasteiger partial charge in [0.25, 0.3) is 5.91 Å². The van der Waals surface area contributed by atoms with Gasteiger partial charge < -0.3 is 14.8 Å². The van der Waals surface area contributed by atoms with Gasteiger partial charge in [0.05, 0.1) is 19.8 Å². The van der Waals surface area contributed by atoms with Gasteiger partial charge in [0.1, 0.15) is 11.5 Å². The maximum Gasteiger partial charge on any atom is 0.255 e. The Balaban J connectivity index is 2.12. The molecule has 110 valence electrons. The summed E-state index contributed by atoms with van der Waals surface area (Å²) in [5.41, 5.74) is 2.74. The number of rotatable bonds is 5. The van der Waals surface area contributed by atoms with Gasteiger partial charge in [-0.15, -0.1) is 0 Å². The van der Waals surface area contributed by atoms with E-state index in [4.69, 9.17) is 9.47 Å². The highest BCUT2D eigenvalue weighted by Gasteiger charge is 2.13. The Bertz CT molecular complexity index is 638. The fourth-order valence-electron chi connectivity index (χ4n) is 2.07. The molecule has 2 aromatic rings. The van der Waals surface area contributed by atoms with Crippen molar-refractivity contribution in [2.24, 2.45) is 0 Å². The van der Waals surface area contributed by atoms with Crippen molar-refractivity contribution < 1.29 is 14.3 Å². The molecule has 0 saturated carbocycles. The Morgan fingerprint density at radius 2 is 1.86 bits per heavy atom. The summed E-state index contributed by atoms with van der Waals surface area (Å²) in [5.74, 6) is 0.983. The second-order valence-electron chi connectivity index (χ2n) is 4.68. The quantitative estimate of drug-likeness (QED) is 0.918. The number of amides is 1. The summed E-state index contributed by atoms with van der Waals surface area (Å²) in [5, 5.41) is 2.91. The molecular weight excluding hydrogens is 266 g/mol. The van der Waals surface area contributed by atoms with Crippen LogP contribution in [0, 0.1) is 6.92 Å². The highest BCUT2D eigenvalue weighted by Crippen LogP contribution is 2.24. The van der Waals surface area contributed by atoms with Gasteiger partial charge >= 0.3 is 0 Å². The molecule has 0 heterocycles. The van der Waals surface area contributed by atoms with E-state index in [0.29, 0.717) is 23.6 Å². The van der Waals surface area contributed by atoms with Crippen molar-refractivity contribution in [3.63, 3.8) is 0 Å². The molecule has 21 heavy (non-hydrogen) atoms. The summed E-state index contributed by atoms with van der Waals surface area (Å²) in [7, 11) is 3.11. The van der Waals surface area contributed by atoms with Crippen molar-refractivity contribution >= 4 is 5.91 Å². The number of hydrogen-bond acceptors (Lipinski definition) is 3. The van der Waals surface area contributed by atoms with Crippen molar-refractivity contribution in [1.29, 1.82) is 0 Å². The summed E-state index contributed by atoms with van der Waals surface area (Å²) < 4.78 is 10.4. The van der Waals surface area contributed by atoms with Crippen LogP contribution in [-0.4, -0.2) is 20.1 Å². The molecule has 0 unspecified atom stereocenters. The van der Waals surface area contributed by atoms with Gasteiger partial charge in [0, 0.05) is 12.6 Å². The molecule has 4 nitrogen and oxygen atoms in total. The largest absolute Gasteiger partial charge is 0.497 e. The van der Waals surface area contributed by atoms with Crippen molar-refractivity contribution in [3.8, 4) is 11.5 Å². The van der Waals surface area contributed by atoms with Crippen LogP contribution in [0.2, 0.25) is 0 Å². The fourth-order valence-corrected chi connectivity index (χ4v) is 2.07. The summed E-state index contributed by atoms with van der Waals surface area (Å²) in [6, 6.07) is 13.1. The summed E-state index contributed by atoms with van der Waals surface area (Å²) in [6.45, 7) is 2.51. The van der Waals surface area contributed by atoms with Crippen molar-refractivity contribution in [3.05, 3.63) is 59.2 Å². The summed E-state index contributed by atoms with van der Waals surface area (Å²) in [6.07, 6.45) is 0. The molecule has 4 heteroatoms. The van der Waals surface area contributed by atoms with E-state index in [9.17, 15) is 4.79 Å². The monoisotopic (exact) mass is 285 g/mol. The van der Waals surface area contributed by atoms with E-state index >= 15 is 0 Å². The second kappa shape index (κ2) is 6.79. The number of carbonyl (C=O) groups is 1. The van der Waals surface area contributed by atoms with E-state index in [1.165, 1.54) is 7.11 Å². The van der Waals surface area contributed by atoms with Gasteiger partial charge in [0.2, 0.25) is 0 Å². The molecule has 0 spiro atoms. The van der Waals surface area contributed by atoms with Crippen LogP contribution in [0.25, 0.3) is 0 Å². The first-order valence-corrected chi connectivity index (χ1v) is 6.70. The smallest absolute Gasteiger partial charge is 0.255 e. The molecular formula is C17H19NO3. The molecule has 2 aromatic carbocycles. The normalized spacial score (nSPS) is 10.0. The number of hydrogen-bond donors (Lipinski definition) is 1. The van der Waals surface area contributed by atoms with Crippen molar-refractivity contribution in [1.82, 2.24) is 5.32 Å².